The second-order valence-corrected chi connectivity index (χ2v) is 14.1. The maximum atomic E-state index is 11.8. The van der Waals surface area contributed by atoms with Crippen LogP contribution in [0.5, 0.6) is 5.75 Å². The van der Waals surface area contributed by atoms with Crippen molar-refractivity contribution in [3.8, 4) is 11.7 Å². The molecule has 0 bridgehead atoms. The lowest BCUT2D eigenvalue weighted by atomic mass is 9.91. The zero-order valence-electron chi connectivity index (χ0n) is 28.4. The Morgan fingerprint density at radius 3 is 1.91 bits per heavy atom. The van der Waals surface area contributed by atoms with Gasteiger partial charge in [-0.2, -0.15) is 33.2 Å². The van der Waals surface area contributed by atoms with Gasteiger partial charge in [0.25, 0.3) is 22.5 Å². The first-order valence-electron chi connectivity index (χ1n) is 15.2. The summed E-state index contributed by atoms with van der Waals surface area (Å²) in [4.78, 5) is 58.8. The molecule has 0 atom stereocenters. The predicted molar refractivity (Wildman–Crippen MR) is 193 cm³/mol. The normalized spacial score (nSPS) is 11.7. The molecule has 3 aromatic carbocycles. The van der Waals surface area contributed by atoms with E-state index in [9.17, 15) is 47.5 Å². The van der Waals surface area contributed by atoms with Gasteiger partial charge < -0.3 is 36.4 Å². The van der Waals surface area contributed by atoms with Crippen molar-refractivity contribution in [1.82, 2.24) is 24.7 Å². The van der Waals surface area contributed by atoms with Crippen molar-refractivity contribution < 1.29 is 52.2 Å². The number of nitrogen functional groups attached to an aromatic ring is 1. The lowest BCUT2D eigenvalue weighted by Crippen LogP contribution is -2.15. The van der Waals surface area contributed by atoms with Gasteiger partial charge in [0.15, 0.2) is 11.5 Å². The fourth-order valence-electron chi connectivity index (χ4n) is 4.71. The van der Waals surface area contributed by atoms with E-state index in [0.29, 0.717) is 0 Å². The van der Waals surface area contributed by atoms with Gasteiger partial charge >= 0.3 is 17.9 Å². The smallest absolute Gasteiger partial charge is 0.335 e. The third-order valence-corrected chi connectivity index (χ3v) is 8.34. The van der Waals surface area contributed by atoms with Crippen molar-refractivity contribution in [3.63, 3.8) is 0 Å². The average Bonchev–Trinajstić information content (AvgIpc) is 3.43. The molecular formula is C32H27ClN10O11S. The van der Waals surface area contributed by atoms with Crippen molar-refractivity contribution in [2.24, 2.45) is 10.2 Å². The first-order chi connectivity index (χ1) is 25.7. The Hall–Kier alpha value is -7.04. The minimum Gasteiger partial charge on any atom is -0.478 e. The number of halogens is 1. The summed E-state index contributed by atoms with van der Waals surface area (Å²) in [6.45, 7) is 5.38. The van der Waals surface area contributed by atoms with Gasteiger partial charge in [0, 0.05) is 22.9 Å². The monoisotopic (exact) mass is 794 g/mol. The van der Waals surface area contributed by atoms with Crippen LogP contribution in [0.3, 0.4) is 0 Å². The van der Waals surface area contributed by atoms with Crippen molar-refractivity contribution in [3.05, 3.63) is 82.0 Å². The number of anilines is 5. The number of carbonyl (C=O) groups is 4. The van der Waals surface area contributed by atoms with E-state index in [1.54, 1.807) is 20.8 Å². The average molecular weight is 795 g/mol. The Bertz CT molecular complexity index is 2500. The highest BCUT2D eigenvalue weighted by Crippen LogP contribution is 2.39. The molecule has 23 heteroatoms. The van der Waals surface area contributed by atoms with Crippen molar-refractivity contribution in [1.29, 1.82) is 0 Å². The van der Waals surface area contributed by atoms with Gasteiger partial charge in [-0.15, -0.1) is 10.2 Å². The Balaban J connectivity index is 1.69. The standard InChI is InChI=1S/C32H27ClN10O11S/c1-32(2,3)24-23(41-40-22-12-20(55(51,52)53)4-5-21(22)33)25(34)43(42-24)31-38-29(35-17-7-14(26(45)46)6-15(8-17)27(47)48)37-30(39-31)36-18-9-16(28(49)50)10-19(11-18)54-13-44/h4-13H,34H2,1-3H3,(H,45,46)(H,47,48)(H,49,50)(H,51,52,53)(H2,35,36,37,38,39). The van der Waals surface area contributed by atoms with E-state index in [4.69, 9.17) is 22.1 Å². The summed E-state index contributed by atoms with van der Waals surface area (Å²) in [5.41, 5.74) is 4.69. The second kappa shape index (κ2) is 15.1. The van der Waals surface area contributed by atoms with E-state index < -0.39 is 38.3 Å². The van der Waals surface area contributed by atoms with Crippen molar-refractivity contribution in [2.45, 2.75) is 31.1 Å². The van der Waals surface area contributed by atoms with Crippen LogP contribution in [-0.4, -0.2) is 77.4 Å². The second-order valence-electron chi connectivity index (χ2n) is 12.2. The Kier molecular flexibility index (Phi) is 10.8. The number of benzene rings is 3. The number of rotatable bonds is 13. The summed E-state index contributed by atoms with van der Waals surface area (Å²) in [5.74, 6) is -5.53. The number of nitrogens with zero attached hydrogens (tertiary/aromatic N) is 7. The maximum Gasteiger partial charge on any atom is 0.335 e. The molecule has 21 nitrogen and oxygen atoms in total. The third kappa shape index (κ3) is 9.13. The lowest BCUT2D eigenvalue weighted by molar-refractivity contribution is -0.120. The molecule has 0 unspecified atom stereocenters. The highest BCUT2D eigenvalue weighted by Gasteiger charge is 2.28. The summed E-state index contributed by atoms with van der Waals surface area (Å²) < 4.78 is 38.8. The molecule has 0 radical (unpaired) electrons. The zero-order chi connectivity index (χ0) is 40.4. The number of hydrogen-bond donors (Lipinski definition) is 7. The minimum atomic E-state index is -4.62. The number of aromatic nitrogens is 5. The number of nitrogens with one attached hydrogen (secondary N) is 2. The molecule has 0 saturated heterocycles. The topological polar surface area (TPSA) is 324 Å². The third-order valence-electron chi connectivity index (χ3n) is 7.17. The minimum absolute atomic E-state index is 0.0168. The molecule has 0 aliphatic carbocycles. The van der Waals surface area contributed by atoms with E-state index in [2.05, 4.69) is 40.9 Å². The van der Waals surface area contributed by atoms with Crippen LogP contribution in [-0.2, 0) is 20.3 Å². The SMILES string of the molecule is CC(C)(C)c1nn(-c2nc(Nc3cc(OC=O)cc(C(=O)O)c3)nc(Nc3cc(C(=O)O)cc(C(=O)O)c3)n2)c(N)c1N=Nc1cc(S(=O)(=O)O)ccc1Cl. The fourth-order valence-corrected chi connectivity index (χ4v) is 5.36. The number of carbonyl (C=O) groups excluding carboxylic acids is 1. The molecule has 55 heavy (non-hydrogen) atoms. The lowest BCUT2D eigenvalue weighted by Gasteiger charge is -2.15. The number of carboxylic acid groups (broad SMARTS) is 3. The summed E-state index contributed by atoms with van der Waals surface area (Å²) in [6, 6.07) is 9.93. The Labute approximate surface area is 314 Å². The van der Waals surface area contributed by atoms with E-state index in [0.717, 1.165) is 41.1 Å². The summed E-state index contributed by atoms with van der Waals surface area (Å²) in [6.07, 6.45) is 0. The van der Waals surface area contributed by atoms with Crippen LogP contribution in [0.15, 0.2) is 69.7 Å². The van der Waals surface area contributed by atoms with Gasteiger partial charge in [-0.05, 0) is 48.5 Å². The molecule has 0 saturated carbocycles. The van der Waals surface area contributed by atoms with Gasteiger partial charge in [-0.3, -0.25) is 9.35 Å². The number of azo groups is 1. The summed E-state index contributed by atoms with van der Waals surface area (Å²) >= 11 is 6.21. The molecule has 5 rings (SSSR count). The van der Waals surface area contributed by atoms with Crippen LogP contribution in [0.4, 0.5) is 40.5 Å². The number of nitrogens with two attached hydrogens (primary N) is 1. The number of hydrogen-bond acceptors (Lipinski definition) is 16. The van der Waals surface area contributed by atoms with Crippen molar-refractivity contribution >= 4 is 86.6 Å². The van der Waals surface area contributed by atoms with E-state index in [1.165, 1.54) is 18.2 Å². The van der Waals surface area contributed by atoms with Gasteiger partial charge in [-0.1, -0.05) is 32.4 Å². The molecule has 0 amide bonds. The quantitative estimate of drug-likeness (QED) is 0.0447. The molecule has 5 aromatic rings. The Morgan fingerprint density at radius 1 is 0.855 bits per heavy atom. The predicted octanol–water partition coefficient (Wildman–Crippen LogP) is 5.37. The van der Waals surface area contributed by atoms with Crippen molar-refractivity contribution in [2.75, 3.05) is 16.4 Å². The highest BCUT2D eigenvalue weighted by atomic mass is 35.5. The first kappa shape index (κ1) is 39.2. The van der Waals surface area contributed by atoms with Crippen LogP contribution < -0.4 is 21.1 Å². The number of carboxylic acids is 3. The molecule has 0 spiro atoms. The van der Waals surface area contributed by atoms with Crippen LogP contribution >= 0.6 is 11.6 Å². The molecule has 0 fully saturated rings. The largest absolute Gasteiger partial charge is 0.478 e. The molecule has 284 valence electrons. The van der Waals surface area contributed by atoms with Gasteiger partial charge in [0.2, 0.25) is 11.9 Å². The van der Waals surface area contributed by atoms with Crippen LogP contribution in [0.25, 0.3) is 5.95 Å². The van der Waals surface area contributed by atoms with E-state index in [1.807, 2.05) is 0 Å². The molecule has 2 heterocycles. The molecule has 0 aliphatic rings. The highest BCUT2D eigenvalue weighted by molar-refractivity contribution is 7.85. The number of ether oxygens (including phenoxy) is 1. The maximum absolute atomic E-state index is 11.8. The van der Waals surface area contributed by atoms with Gasteiger partial charge in [0.1, 0.15) is 11.4 Å². The van der Waals surface area contributed by atoms with E-state index >= 15 is 0 Å². The molecule has 8 N–H and O–H groups in total. The number of aromatic carboxylic acids is 3. The molecule has 2 aromatic heterocycles. The van der Waals surface area contributed by atoms with Crippen LogP contribution in [0.2, 0.25) is 5.02 Å². The fraction of sp³-hybridized carbons (Fsp3) is 0.125. The van der Waals surface area contributed by atoms with E-state index in [-0.39, 0.29) is 86.0 Å². The van der Waals surface area contributed by atoms with Gasteiger partial charge in [-0.25, -0.2) is 14.4 Å². The first-order valence-corrected chi connectivity index (χ1v) is 17.0. The van der Waals surface area contributed by atoms with Crippen LogP contribution in [0.1, 0.15) is 57.5 Å². The summed E-state index contributed by atoms with van der Waals surface area (Å²) in [5, 5.41) is 47.1. The van der Waals surface area contributed by atoms with Crippen LogP contribution in [0, 0.1) is 0 Å². The summed E-state index contributed by atoms with van der Waals surface area (Å²) in [7, 11) is -4.62. The molecule has 0 aliphatic heterocycles. The Morgan fingerprint density at radius 2 is 1.40 bits per heavy atom. The molecular weight excluding hydrogens is 768 g/mol. The van der Waals surface area contributed by atoms with Gasteiger partial charge in [0.05, 0.1) is 32.3 Å². The zero-order valence-corrected chi connectivity index (χ0v) is 30.0.